The van der Waals surface area contributed by atoms with Crippen molar-refractivity contribution in [3.8, 4) is 0 Å². The number of amides is 2. The molecule has 172 valence electrons. The van der Waals surface area contributed by atoms with Crippen molar-refractivity contribution in [2.24, 2.45) is 0 Å². The summed E-state index contributed by atoms with van der Waals surface area (Å²) in [6, 6.07) is 18.9. The molecular weight excluding hydrogens is 468 g/mol. The van der Waals surface area contributed by atoms with Gasteiger partial charge < -0.3 is 14.7 Å². The number of pyridine rings is 1. The molecule has 2 amide bonds. The van der Waals surface area contributed by atoms with Crippen LogP contribution >= 0.6 is 23.4 Å². The van der Waals surface area contributed by atoms with E-state index in [1.54, 1.807) is 24.2 Å². The van der Waals surface area contributed by atoms with Gasteiger partial charge in [0.15, 0.2) is 0 Å². The van der Waals surface area contributed by atoms with Gasteiger partial charge in [-0.3, -0.25) is 9.59 Å². The van der Waals surface area contributed by atoms with Crippen LogP contribution in [0.25, 0.3) is 6.08 Å². The molecule has 0 atom stereocenters. The Hall–Kier alpha value is -3.29. The molecule has 0 N–H and O–H groups in total. The van der Waals surface area contributed by atoms with Gasteiger partial charge in [-0.2, -0.15) is 0 Å². The SMILES string of the molecule is CN1C(=O)/C(=C/c2cccc(Cl)c2)Sc2ccc(C(=O)N3CCN(c4ccccn4)CC3)cc21. The zero-order valence-electron chi connectivity index (χ0n) is 18.6. The fourth-order valence-corrected chi connectivity index (χ4v) is 5.43. The zero-order chi connectivity index (χ0) is 23.7. The minimum absolute atomic E-state index is 0.0189. The average Bonchev–Trinajstić information content (AvgIpc) is 2.87. The summed E-state index contributed by atoms with van der Waals surface area (Å²) in [5, 5.41) is 0.625. The Bertz CT molecular complexity index is 1270. The van der Waals surface area contributed by atoms with Crippen LogP contribution in [0.1, 0.15) is 15.9 Å². The lowest BCUT2D eigenvalue weighted by molar-refractivity contribution is -0.114. The van der Waals surface area contributed by atoms with Crippen LogP contribution in [0.15, 0.2) is 76.7 Å². The van der Waals surface area contributed by atoms with Gasteiger partial charge >= 0.3 is 0 Å². The first kappa shape index (κ1) is 22.5. The Kier molecular flexibility index (Phi) is 6.30. The number of nitrogens with zero attached hydrogens (tertiary/aromatic N) is 4. The smallest absolute Gasteiger partial charge is 0.264 e. The second kappa shape index (κ2) is 9.52. The van der Waals surface area contributed by atoms with Crippen molar-refractivity contribution in [3.63, 3.8) is 0 Å². The molecule has 1 saturated heterocycles. The molecule has 0 radical (unpaired) electrons. The predicted molar refractivity (Wildman–Crippen MR) is 137 cm³/mol. The van der Waals surface area contributed by atoms with Crippen molar-refractivity contribution in [3.05, 3.63) is 87.9 Å². The van der Waals surface area contributed by atoms with Crippen LogP contribution in [0.5, 0.6) is 0 Å². The van der Waals surface area contributed by atoms with Crippen molar-refractivity contribution in [2.45, 2.75) is 4.90 Å². The fraction of sp³-hybridized carbons (Fsp3) is 0.192. The first-order valence-electron chi connectivity index (χ1n) is 11.0. The van der Waals surface area contributed by atoms with Crippen LogP contribution in [0, 0.1) is 0 Å². The van der Waals surface area contributed by atoms with E-state index >= 15 is 0 Å². The number of carbonyl (C=O) groups is 2. The molecule has 1 fully saturated rings. The van der Waals surface area contributed by atoms with E-state index in [-0.39, 0.29) is 11.8 Å². The topological polar surface area (TPSA) is 56.8 Å². The number of hydrogen-bond acceptors (Lipinski definition) is 5. The van der Waals surface area contributed by atoms with Gasteiger partial charge in [-0.25, -0.2) is 4.98 Å². The number of benzene rings is 2. The number of hydrogen-bond donors (Lipinski definition) is 0. The monoisotopic (exact) mass is 490 g/mol. The van der Waals surface area contributed by atoms with Crippen LogP contribution in [-0.2, 0) is 4.79 Å². The van der Waals surface area contributed by atoms with Gasteiger partial charge in [0, 0.05) is 54.9 Å². The van der Waals surface area contributed by atoms with Crippen molar-refractivity contribution in [1.82, 2.24) is 9.88 Å². The summed E-state index contributed by atoms with van der Waals surface area (Å²) in [6.45, 7) is 2.73. The molecule has 6 nitrogen and oxygen atoms in total. The summed E-state index contributed by atoms with van der Waals surface area (Å²) >= 11 is 7.50. The number of thioether (sulfide) groups is 1. The third kappa shape index (κ3) is 4.54. The van der Waals surface area contributed by atoms with E-state index in [0.29, 0.717) is 28.6 Å². The number of anilines is 2. The second-order valence-corrected chi connectivity index (χ2v) is 9.70. The maximum absolute atomic E-state index is 13.2. The Morgan fingerprint density at radius 2 is 1.85 bits per heavy atom. The summed E-state index contributed by atoms with van der Waals surface area (Å²) in [5.41, 5.74) is 2.21. The molecule has 0 aliphatic carbocycles. The van der Waals surface area contributed by atoms with E-state index in [1.807, 2.05) is 65.6 Å². The van der Waals surface area contributed by atoms with Crippen LogP contribution in [0.3, 0.4) is 0 Å². The Balaban J connectivity index is 1.32. The third-order valence-corrected chi connectivity index (χ3v) is 7.30. The molecule has 0 unspecified atom stereocenters. The molecule has 5 rings (SSSR count). The Labute approximate surface area is 207 Å². The van der Waals surface area contributed by atoms with Gasteiger partial charge in [-0.1, -0.05) is 41.6 Å². The highest BCUT2D eigenvalue weighted by Crippen LogP contribution is 2.42. The lowest BCUT2D eigenvalue weighted by atomic mass is 10.1. The van der Waals surface area contributed by atoms with Crippen molar-refractivity contribution >= 4 is 52.8 Å². The van der Waals surface area contributed by atoms with Crippen LogP contribution in [-0.4, -0.2) is 54.9 Å². The van der Waals surface area contributed by atoms with Crippen LogP contribution in [0.2, 0.25) is 5.02 Å². The van der Waals surface area contributed by atoms with Gasteiger partial charge in [0.05, 0.1) is 10.6 Å². The maximum Gasteiger partial charge on any atom is 0.264 e. The molecule has 3 aromatic rings. The van der Waals surface area contributed by atoms with Crippen LogP contribution < -0.4 is 9.80 Å². The highest BCUT2D eigenvalue weighted by molar-refractivity contribution is 8.04. The second-order valence-electron chi connectivity index (χ2n) is 8.18. The molecule has 0 bridgehead atoms. The van der Waals surface area contributed by atoms with Crippen molar-refractivity contribution in [1.29, 1.82) is 0 Å². The molecule has 2 aliphatic rings. The number of carbonyl (C=O) groups excluding carboxylic acids is 2. The summed E-state index contributed by atoms with van der Waals surface area (Å²) in [6.07, 6.45) is 3.63. The highest BCUT2D eigenvalue weighted by atomic mass is 35.5. The van der Waals surface area contributed by atoms with E-state index in [2.05, 4.69) is 9.88 Å². The molecule has 0 saturated carbocycles. The van der Waals surface area contributed by atoms with E-state index in [0.717, 1.165) is 35.1 Å². The van der Waals surface area contributed by atoms with E-state index in [1.165, 1.54) is 11.8 Å². The van der Waals surface area contributed by atoms with Crippen molar-refractivity contribution in [2.75, 3.05) is 43.0 Å². The predicted octanol–water partition coefficient (Wildman–Crippen LogP) is 4.81. The number of aromatic nitrogens is 1. The van der Waals surface area contributed by atoms with Gasteiger partial charge in [-0.05, 0) is 54.1 Å². The Morgan fingerprint density at radius 3 is 2.59 bits per heavy atom. The molecule has 0 spiro atoms. The molecule has 3 heterocycles. The molecule has 2 aliphatic heterocycles. The summed E-state index contributed by atoms with van der Waals surface area (Å²) in [7, 11) is 1.74. The first-order chi connectivity index (χ1) is 16.5. The zero-order valence-corrected chi connectivity index (χ0v) is 20.2. The number of piperazine rings is 1. The highest BCUT2D eigenvalue weighted by Gasteiger charge is 2.29. The Morgan fingerprint density at radius 1 is 1.03 bits per heavy atom. The van der Waals surface area contributed by atoms with E-state index in [4.69, 9.17) is 11.6 Å². The van der Waals surface area contributed by atoms with Crippen molar-refractivity contribution < 1.29 is 9.59 Å². The number of rotatable bonds is 3. The molecule has 1 aromatic heterocycles. The lowest BCUT2D eigenvalue weighted by Gasteiger charge is -2.35. The summed E-state index contributed by atoms with van der Waals surface area (Å²) in [5.74, 6) is 0.808. The summed E-state index contributed by atoms with van der Waals surface area (Å²) < 4.78 is 0. The number of fused-ring (bicyclic) bond motifs is 1. The standard InChI is InChI=1S/C26H23ClN4O2S/c1-29-21-17-19(25(32)31-13-11-30(12-14-31)24-7-2-3-10-28-24)8-9-22(21)34-23(26(29)33)16-18-5-4-6-20(27)15-18/h2-10,15-17H,11-14H2,1H3/b23-16-. The maximum atomic E-state index is 13.2. The normalized spacial score (nSPS) is 17.2. The van der Waals surface area contributed by atoms with E-state index < -0.39 is 0 Å². The quantitative estimate of drug-likeness (QED) is 0.493. The lowest BCUT2D eigenvalue weighted by Crippen LogP contribution is -2.49. The molecular formula is C26H23ClN4O2S. The number of halogens is 1. The number of likely N-dealkylation sites (N-methyl/N-ethyl adjacent to an activating group) is 1. The average molecular weight is 491 g/mol. The minimum Gasteiger partial charge on any atom is -0.353 e. The molecule has 34 heavy (non-hydrogen) atoms. The van der Waals surface area contributed by atoms with Gasteiger partial charge in [0.2, 0.25) is 0 Å². The fourth-order valence-electron chi connectivity index (χ4n) is 4.14. The van der Waals surface area contributed by atoms with E-state index in [9.17, 15) is 9.59 Å². The largest absolute Gasteiger partial charge is 0.353 e. The van der Waals surface area contributed by atoms with Gasteiger partial charge in [-0.15, -0.1) is 0 Å². The molecule has 2 aromatic carbocycles. The summed E-state index contributed by atoms with van der Waals surface area (Å²) in [4.78, 5) is 37.9. The van der Waals surface area contributed by atoms with Crippen LogP contribution in [0.4, 0.5) is 11.5 Å². The van der Waals surface area contributed by atoms with Gasteiger partial charge in [0.1, 0.15) is 5.82 Å². The third-order valence-electron chi connectivity index (χ3n) is 5.99. The van der Waals surface area contributed by atoms with Gasteiger partial charge in [0.25, 0.3) is 11.8 Å². The minimum atomic E-state index is -0.106. The first-order valence-corrected chi connectivity index (χ1v) is 12.2. The molecule has 8 heteroatoms.